The molecule has 1 rings (SSSR count). The van der Waals surface area contributed by atoms with Gasteiger partial charge in [-0.2, -0.15) is 0 Å². The van der Waals surface area contributed by atoms with Gasteiger partial charge in [0, 0.05) is 11.7 Å². The fourth-order valence-electron chi connectivity index (χ4n) is 1.09. The topological polar surface area (TPSA) is 12.0 Å². The quantitative estimate of drug-likeness (QED) is 0.542. The van der Waals surface area contributed by atoms with Crippen LogP contribution in [0.25, 0.3) is 0 Å². The second-order valence-corrected chi connectivity index (χ2v) is 2.39. The van der Waals surface area contributed by atoms with Crippen molar-refractivity contribution in [1.29, 1.82) is 0 Å². The maximum atomic E-state index is 3.84. The molecule has 1 heteroatoms. The van der Waals surface area contributed by atoms with E-state index in [1.54, 1.807) is 0 Å². The Labute approximate surface area is 50.8 Å². The van der Waals surface area contributed by atoms with Gasteiger partial charge in [0.1, 0.15) is 0 Å². The van der Waals surface area contributed by atoms with Crippen LogP contribution in [0.4, 0.5) is 0 Å². The number of rotatable bonds is 1. The number of hydrogen-bond donors (Lipinski definition) is 1. The molecule has 1 saturated heterocycles. The Kier molecular flexibility index (Phi) is 1.56. The zero-order valence-electron chi connectivity index (χ0n) is 5.41. The molecule has 0 bridgehead atoms. The Morgan fingerprint density at radius 1 is 1.88 bits per heavy atom. The molecule has 1 N–H and O–H groups in total. The first-order valence-corrected chi connectivity index (χ1v) is 3.27. The van der Waals surface area contributed by atoms with Crippen LogP contribution in [-0.4, -0.2) is 6.04 Å². The molecule has 0 amide bonds. The maximum Gasteiger partial charge on any atom is 0.0259 e. The summed E-state index contributed by atoms with van der Waals surface area (Å²) in [5.74, 6) is 0. The second-order valence-electron chi connectivity index (χ2n) is 2.39. The summed E-state index contributed by atoms with van der Waals surface area (Å²) >= 11 is 0. The zero-order chi connectivity index (χ0) is 5.98. The molecule has 1 heterocycles. The summed E-state index contributed by atoms with van der Waals surface area (Å²) in [7, 11) is 0. The minimum atomic E-state index is 0.725. The van der Waals surface area contributed by atoms with Crippen LogP contribution in [0.3, 0.4) is 0 Å². The standard InChI is InChI=1S/C7H13N/c1-3-7-5-4-6(2)8-7/h7-8H,2-5H2,1H3. The highest BCUT2D eigenvalue weighted by Crippen LogP contribution is 2.14. The summed E-state index contributed by atoms with van der Waals surface area (Å²) in [5, 5.41) is 3.31. The lowest BCUT2D eigenvalue weighted by Crippen LogP contribution is -2.17. The lowest BCUT2D eigenvalue weighted by Gasteiger charge is -2.04. The lowest BCUT2D eigenvalue weighted by molar-refractivity contribution is 0.600. The van der Waals surface area contributed by atoms with Crippen molar-refractivity contribution in [3.8, 4) is 0 Å². The smallest absolute Gasteiger partial charge is 0.0259 e. The molecular weight excluding hydrogens is 98.1 g/mol. The molecule has 0 saturated carbocycles. The van der Waals surface area contributed by atoms with Crippen molar-refractivity contribution < 1.29 is 0 Å². The van der Waals surface area contributed by atoms with Crippen molar-refractivity contribution in [2.75, 3.05) is 0 Å². The Bertz CT molecular complexity index is 96.6. The van der Waals surface area contributed by atoms with E-state index in [0.29, 0.717) is 0 Å². The Morgan fingerprint density at radius 2 is 2.62 bits per heavy atom. The van der Waals surface area contributed by atoms with Crippen LogP contribution in [-0.2, 0) is 0 Å². The fourth-order valence-corrected chi connectivity index (χ4v) is 1.09. The predicted molar refractivity (Wildman–Crippen MR) is 35.6 cm³/mol. The van der Waals surface area contributed by atoms with E-state index in [0.717, 1.165) is 6.04 Å². The molecule has 0 aromatic heterocycles. The minimum absolute atomic E-state index is 0.725. The van der Waals surface area contributed by atoms with Gasteiger partial charge in [-0.3, -0.25) is 0 Å². The molecule has 0 aromatic rings. The van der Waals surface area contributed by atoms with Crippen molar-refractivity contribution >= 4 is 0 Å². The van der Waals surface area contributed by atoms with Gasteiger partial charge in [0.15, 0.2) is 0 Å². The molecule has 0 radical (unpaired) electrons. The van der Waals surface area contributed by atoms with E-state index in [9.17, 15) is 0 Å². The van der Waals surface area contributed by atoms with Crippen LogP contribution in [0.15, 0.2) is 12.3 Å². The van der Waals surface area contributed by atoms with Gasteiger partial charge in [-0.05, 0) is 19.3 Å². The third-order valence-electron chi connectivity index (χ3n) is 1.70. The summed E-state index contributed by atoms with van der Waals surface area (Å²) in [4.78, 5) is 0. The third kappa shape index (κ3) is 1.03. The van der Waals surface area contributed by atoms with E-state index in [4.69, 9.17) is 0 Å². The van der Waals surface area contributed by atoms with Crippen LogP contribution in [0.2, 0.25) is 0 Å². The molecular formula is C7H13N. The van der Waals surface area contributed by atoms with Gasteiger partial charge in [0.25, 0.3) is 0 Å². The van der Waals surface area contributed by atoms with Gasteiger partial charge in [-0.15, -0.1) is 0 Å². The zero-order valence-corrected chi connectivity index (χ0v) is 5.41. The molecule has 8 heavy (non-hydrogen) atoms. The molecule has 1 unspecified atom stereocenters. The highest BCUT2D eigenvalue weighted by molar-refractivity contribution is 5.00. The first-order valence-electron chi connectivity index (χ1n) is 3.27. The normalized spacial score (nSPS) is 28.1. The van der Waals surface area contributed by atoms with E-state index >= 15 is 0 Å². The predicted octanol–water partition coefficient (Wildman–Crippen LogP) is 1.66. The Balaban J connectivity index is 2.32. The van der Waals surface area contributed by atoms with Gasteiger partial charge in [-0.25, -0.2) is 0 Å². The maximum absolute atomic E-state index is 3.84. The summed E-state index contributed by atoms with van der Waals surface area (Å²) in [5.41, 5.74) is 1.22. The molecule has 0 aromatic carbocycles. The first-order chi connectivity index (χ1) is 3.83. The van der Waals surface area contributed by atoms with Crippen LogP contribution in [0.1, 0.15) is 26.2 Å². The Hall–Kier alpha value is -0.460. The van der Waals surface area contributed by atoms with Crippen molar-refractivity contribution in [3.05, 3.63) is 12.3 Å². The monoisotopic (exact) mass is 111 g/mol. The number of hydrogen-bond acceptors (Lipinski definition) is 1. The number of allylic oxidation sites excluding steroid dienone is 1. The largest absolute Gasteiger partial charge is 0.386 e. The number of nitrogens with one attached hydrogen (secondary N) is 1. The summed E-state index contributed by atoms with van der Waals surface area (Å²) in [6, 6.07) is 0.725. The van der Waals surface area contributed by atoms with Crippen LogP contribution in [0.5, 0.6) is 0 Å². The molecule has 46 valence electrons. The lowest BCUT2D eigenvalue weighted by atomic mass is 10.2. The van der Waals surface area contributed by atoms with E-state index < -0.39 is 0 Å². The van der Waals surface area contributed by atoms with E-state index in [-0.39, 0.29) is 0 Å². The summed E-state index contributed by atoms with van der Waals surface area (Å²) < 4.78 is 0. The average molecular weight is 111 g/mol. The molecule has 1 nitrogen and oxygen atoms in total. The average Bonchev–Trinajstić information content (AvgIpc) is 2.14. The molecule has 1 aliphatic rings. The van der Waals surface area contributed by atoms with Gasteiger partial charge >= 0.3 is 0 Å². The SMILES string of the molecule is C=C1CCC(CC)N1. The van der Waals surface area contributed by atoms with E-state index in [1.165, 1.54) is 25.0 Å². The van der Waals surface area contributed by atoms with Gasteiger partial charge in [-0.1, -0.05) is 13.5 Å². The highest BCUT2D eigenvalue weighted by Gasteiger charge is 2.13. The fraction of sp³-hybridized carbons (Fsp3) is 0.714. The van der Waals surface area contributed by atoms with Crippen LogP contribution >= 0.6 is 0 Å². The van der Waals surface area contributed by atoms with Crippen molar-refractivity contribution in [1.82, 2.24) is 5.32 Å². The molecule has 0 aliphatic carbocycles. The van der Waals surface area contributed by atoms with Crippen molar-refractivity contribution in [3.63, 3.8) is 0 Å². The molecule has 1 aliphatic heterocycles. The van der Waals surface area contributed by atoms with Crippen LogP contribution in [0, 0.1) is 0 Å². The van der Waals surface area contributed by atoms with Gasteiger partial charge in [0.05, 0.1) is 0 Å². The van der Waals surface area contributed by atoms with Gasteiger partial charge in [0.2, 0.25) is 0 Å². The third-order valence-corrected chi connectivity index (χ3v) is 1.70. The summed E-state index contributed by atoms with van der Waals surface area (Å²) in [6.45, 7) is 6.05. The van der Waals surface area contributed by atoms with Crippen molar-refractivity contribution in [2.24, 2.45) is 0 Å². The molecule has 1 atom stereocenters. The molecule has 0 spiro atoms. The Morgan fingerprint density at radius 3 is 2.88 bits per heavy atom. The van der Waals surface area contributed by atoms with Crippen LogP contribution < -0.4 is 5.32 Å². The second kappa shape index (κ2) is 2.21. The van der Waals surface area contributed by atoms with Gasteiger partial charge < -0.3 is 5.32 Å². The molecule has 1 fully saturated rings. The van der Waals surface area contributed by atoms with E-state index in [2.05, 4.69) is 18.8 Å². The minimum Gasteiger partial charge on any atom is -0.386 e. The highest BCUT2D eigenvalue weighted by atomic mass is 14.9. The van der Waals surface area contributed by atoms with E-state index in [1.807, 2.05) is 0 Å². The summed E-state index contributed by atoms with van der Waals surface area (Å²) in [6.07, 6.45) is 3.70. The van der Waals surface area contributed by atoms with Crippen molar-refractivity contribution in [2.45, 2.75) is 32.2 Å². The first kappa shape index (κ1) is 5.67.